The number of benzene rings is 1. The van der Waals surface area contributed by atoms with E-state index in [4.69, 9.17) is 18.9 Å². The molecule has 71 heavy (non-hydrogen) atoms. The number of hydrogen-bond acceptors (Lipinski definition) is 8. The molecule has 0 aliphatic rings. The highest BCUT2D eigenvalue weighted by Crippen LogP contribution is 2.58. The third-order valence-corrected chi connectivity index (χ3v) is 13.1. The molecule has 0 aliphatic heterocycles. The molecule has 0 heterocycles. The molecule has 4 N–H and O–H groups in total. The van der Waals surface area contributed by atoms with Gasteiger partial charge in [0.05, 0.1) is 22.4 Å². The van der Waals surface area contributed by atoms with E-state index in [0.717, 1.165) is 34.6 Å². The van der Waals surface area contributed by atoms with E-state index < -0.39 is 138 Å². The number of halogens is 18. The van der Waals surface area contributed by atoms with Gasteiger partial charge in [-0.1, -0.05) is 12.2 Å². The first-order chi connectivity index (χ1) is 30.1. The van der Waals surface area contributed by atoms with Crippen molar-refractivity contribution in [2.24, 2.45) is 0 Å². The van der Waals surface area contributed by atoms with Crippen molar-refractivity contribution in [3.63, 3.8) is 0 Å². The Hall–Kier alpha value is -2.62. The smallest absolute Gasteiger partial charge is 0.378 e. The third-order valence-electron chi connectivity index (χ3n) is 13.1. The Morgan fingerprint density at radius 1 is 0.352 bits per heavy atom. The van der Waals surface area contributed by atoms with Crippen LogP contribution >= 0.6 is 0 Å². The Labute approximate surface area is 400 Å². The molecule has 0 aromatic heterocycles. The lowest BCUT2D eigenvalue weighted by Crippen LogP contribution is -2.70. The average Bonchev–Trinajstić information content (AvgIpc) is 3.04. The average molecular weight is 1070 g/mol. The number of aliphatic hydroxyl groups is 4. The first kappa shape index (κ1) is 66.4. The fraction of sp³-hybridized carbons (Fsp3) is 0.822. The highest BCUT2D eigenvalue weighted by molar-refractivity contribution is 5.74. The molecule has 0 aliphatic carbocycles. The maximum Gasteiger partial charge on any atom is 0.429 e. The van der Waals surface area contributed by atoms with Gasteiger partial charge in [0.2, 0.25) is 0 Å². The minimum absolute atomic E-state index is 0.117. The Kier molecular flexibility index (Phi) is 16.8. The van der Waals surface area contributed by atoms with E-state index in [9.17, 15) is 99.5 Å². The largest absolute Gasteiger partial charge is 0.429 e. The number of ether oxygens (including phenoxy) is 4. The summed E-state index contributed by atoms with van der Waals surface area (Å²) in [5, 5.41) is 43.1. The summed E-state index contributed by atoms with van der Waals surface area (Å²) in [5.74, 6) is 0. The summed E-state index contributed by atoms with van der Waals surface area (Å²) in [7, 11) is 0. The number of hydrogen-bond donors (Lipinski definition) is 4. The van der Waals surface area contributed by atoms with Gasteiger partial charge in [0.15, 0.2) is 11.2 Å². The molecule has 1 aromatic carbocycles. The second-order valence-corrected chi connectivity index (χ2v) is 21.9. The summed E-state index contributed by atoms with van der Waals surface area (Å²) in [6.07, 6.45) is -37.6. The van der Waals surface area contributed by atoms with Crippen molar-refractivity contribution in [2.45, 2.75) is 236 Å². The Bertz CT molecular complexity index is 1940. The first-order valence-corrected chi connectivity index (χ1v) is 21.1. The maximum atomic E-state index is 14.5. The van der Waals surface area contributed by atoms with Crippen molar-refractivity contribution in [1.29, 1.82) is 0 Å². The highest BCUT2D eigenvalue weighted by atomic mass is 19.4. The van der Waals surface area contributed by atoms with Crippen molar-refractivity contribution in [1.82, 2.24) is 0 Å². The van der Waals surface area contributed by atoms with E-state index in [2.05, 4.69) is 6.58 Å². The summed E-state index contributed by atoms with van der Waals surface area (Å²) < 4.78 is 285. The molecule has 0 fully saturated rings. The van der Waals surface area contributed by atoms with E-state index >= 15 is 0 Å². The van der Waals surface area contributed by atoms with Crippen LogP contribution in [-0.2, 0) is 41.4 Å². The second-order valence-electron chi connectivity index (χ2n) is 21.9. The topological polar surface area (TPSA) is 118 Å². The SMILES string of the molecule is C=C(C)c1c(C(C)(C)OC(C)(C)C(C)(O)C(F)(F)F)c(C(C)(C)OC(C)(C)C(O)(C(F)(F)F)C(F)(F)F)cc(C(C)(C)OC(C)(C)C(O)(C(F)(F)F)C(F)(F)F)c1C(C)(C)OC(C)(C)C(C)(O)C(F)(F)F. The molecular formula is C45H64F18O8. The fourth-order valence-corrected chi connectivity index (χ4v) is 8.79. The molecule has 0 spiro atoms. The molecule has 2 unspecified atom stereocenters. The van der Waals surface area contributed by atoms with Crippen LogP contribution in [-0.4, -0.2) is 102 Å². The summed E-state index contributed by atoms with van der Waals surface area (Å²) in [6, 6.07) is 0.601. The van der Waals surface area contributed by atoms with Crippen LogP contribution in [0.4, 0.5) is 79.0 Å². The molecule has 1 rings (SSSR count). The van der Waals surface area contributed by atoms with Crippen molar-refractivity contribution >= 4 is 5.57 Å². The van der Waals surface area contributed by atoms with E-state index in [0.29, 0.717) is 61.5 Å². The fourth-order valence-electron chi connectivity index (χ4n) is 8.79. The van der Waals surface area contributed by atoms with E-state index in [1.54, 1.807) is 0 Å². The van der Waals surface area contributed by atoms with Crippen LogP contribution in [0.5, 0.6) is 0 Å². The molecule has 0 saturated heterocycles. The minimum Gasteiger partial charge on any atom is -0.378 e. The van der Waals surface area contributed by atoms with Gasteiger partial charge in [0, 0.05) is 0 Å². The Morgan fingerprint density at radius 3 is 0.718 bits per heavy atom. The molecule has 26 heteroatoms. The van der Waals surface area contributed by atoms with Gasteiger partial charge in [-0.15, -0.1) is 0 Å². The zero-order chi connectivity index (χ0) is 58.0. The van der Waals surface area contributed by atoms with Crippen LogP contribution in [0.1, 0.15) is 159 Å². The summed E-state index contributed by atoms with van der Waals surface area (Å²) in [6.45, 7) is 15.1. The van der Waals surface area contributed by atoms with E-state index in [1.807, 2.05) is 0 Å². The zero-order valence-corrected chi connectivity index (χ0v) is 42.5. The molecular weight excluding hydrogens is 1010 g/mol. The molecule has 1 aromatic rings. The van der Waals surface area contributed by atoms with Gasteiger partial charge in [-0.3, -0.25) is 0 Å². The second kappa shape index (κ2) is 18.0. The molecule has 8 nitrogen and oxygen atoms in total. The van der Waals surface area contributed by atoms with Crippen LogP contribution in [0.2, 0.25) is 0 Å². The van der Waals surface area contributed by atoms with Gasteiger partial charge >= 0.3 is 37.1 Å². The maximum absolute atomic E-state index is 14.5. The predicted octanol–water partition coefficient (Wildman–Crippen LogP) is 13.2. The van der Waals surface area contributed by atoms with Crippen LogP contribution in [0, 0.1) is 0 Å². The standard InChI is InChI=1S/C45H64F18O8/c1-22(2)25-26(30(7,8)70-32(11,12)36(19,64)40(46,47)48)23(28(3,4)68-34(15,16)38(66,42(52,53)54)43(55,56)57)21-24(27(25)31(9,10)71-33(13,14)37(20,65)41(49,50)51)29(5,6)69-35(17,18)39(67,44(58,59)60)45(61,62)63/h21,64-67H,1H2,2-20H3. The summed E-state index contributed by atoms with van der Waals surface area (Å²) >= 11 is 0. The normalized spacial score (nSPS) is 17.6. The van der Waals surface area contributed by atoms with Gasteiger partial charge in [-0.05, 0) is 165 Å². The van der Waals surface area contributed by atoms with Gasteiger partial charge in [-0.25, -0.2) is 0 Å². The number of rotatable bonds is 17. The molecule has 0 saturated carbocycles. The van der Waals surface area contributed by atoms with Gasteiger partial charge in [0.1, 0.15) is 22.4 Å². The number of alkyl halides is 18. The molecule has 0 radical (unpaired) electrons. The molecule has 0 bridgehead atoms. The van der Waals surface area contributed by atoms with Crippen LogP contribution in [0.3, 0.4) is 0 Å². The lowest BCUT2D eigenvalue weighted by Gasteiger charge is -2.52. The first-order valence-electron chi connectivity index (χ1n) is 21.1. The number of allylic oxidation sites excluding steroid dienone is 1. The molecule has 2 atom stereocenters. The van der Waals surface area contributed by atoms with Crippen LogP contribution in [0.15, 0.2) is 12.6 Å². The van der Waals surface area contributed by atoms with Gasteiger partial charge < -0.3 is 39.4 Å². The van der Waals surface area contributed by atoms with Crippen molar-refractivity contribution < 1.29 is 118 Å². The molecule has 418 valence electrons. The van der Waals surface area contributed by atoms with E-state index in [1.165, 1.54) is 0 Å². The van der Waals surface area contributed by atoms with Crippen molar-refractivity contribution in [3.8, 4) is 0 Å². The quantitative estimate of drug-likeness (QED) is 0.114. The molecule has 0 amide bonds. The van der Waals surface area contributed by atoms with Crippen molar-refractivity contribution in [2.75, 3.05) is 0 Å². The monoisotopic (exact) mass is 1070 g/mol. The van der Waals surface area contributed by atoms with Crippen molar-refractivity contribution in [3.05, 3.63) is 40.5 Å². The Morgan fingerprint density at radius 2 is 0.549 bits per heavy atom. The van der Waals surface area contributed by atoms with E-state index in [-0.39, 0.29) is 41.5 Å². The Balaban J connectivity index is 5.38. The lowest BCUT2D eigenvalue weighted by atomic mass is 9.70. The minimum atomic E-state index is -6.62. The van der Waals surface area contributed by atoms with Crippen LogP contribution in [0.25, 0.3) is 5.57 Å². The summed E-state index contributed by atoms with van der Waals surface area (Å²) in [5.41, 5.74) is -48.4. The highest BCUT2D eigenvalue weighted by Gasteiger charge is 2.80. The summed E-state index contributed by atoms with van der Waals surface area (Å²) in [4.78, 5) is 0. The lowest BCUT2D eigenvalue weighted by molar-refractivity contribution is -0.421. The van der Waals surface area contributed by atoms with Crippen LogP contribution < -0.4 is 0 Å². The third kappa shape index (κ3) is 11.3. The predicted molar refractivity (Wildman–Crippen MR) is 221 cm³/mol. The zero-order valence-electron chi connectivity index (χ0n) is 42.5. The van der Waals surface area contributed by atoms with Gasteiger partial charge in [-0.2, -0.15) is 79.0 Å². The van der Waals surface area contributed by atoms with Gasteiger partial charge in [0.25, 0.3) is 11.2 Å².